The van der Waals surface area contributed by atoms with E-state index in [1.54, 1.807) is 12.4 Å². The first-order valence-corrected chi connectivity index (χ1v) is 8.11. The van der Waals surface area contributed by atoms with Gasteiger partial charge in [0.1, 0.15) is 0 Å². The van der Waals surface area contributed by atoms with Gasteiger partial charge in [-0.2, -0.15) is 10.2 Å². The molecule has 1 fully saturated rings. The van der Waals surface area contributed by atoms with Gasteiger partial charge in [0, 0.05) is 48.2 Å². The van der Waals surface area contributed by atoms with Crippen molar-refractivity contribution in [1.82, 2.24) is 15.1 Å². The Bertz CT molecular complexity index is 857. The number of benzene rings is 2. The molecule has 0 N–H and O–H groups in total. The molecule has 0 spiro atoms. The second-order valence-electron chi connectivity index (χ2n) is 5.95. The summed E-state index contributed by atoms with van der Waals surface area (Å²) in [5.41, 5.74) is 1.93. The number of nitrogens with zero attached hydrogens (tertiary/aromatic N) is 4. The number of aromatic nitrogens is 2. The van der Waals surface area contributed by atoms with Crippen LogP contribution in [0.15, 0.2) is 60.9 Å². The Morgan fingerprint density at radius 1 is 0.833 bits per heavy atom. The standard InChI is InChI=1S/C19H18N4O/c24-19(15-6-7-16-13-20-21-14-17(16)12-15)23-10-8-22(9-11-23)18-4-2-1-3-5-18/h1-7,12-14H,8-11H2. The molecule has 1 saturated heterocycles. The van der Waals surface area contributed by atoms with Gasteiger partial charge in [0.2, 0.25) is 0 Å². The highest BCUT2D eigenvalue weighted by atomic mass is 16.2. The lowest BCUT2D eigenvalue weighted by atomic mass is 10.1. The first kappa shape index (κ1) is 14.6. The Balaban J connectivity index is 1.47. The van der Waals surface area contributed by atoms with Gasteiger partial charge in [0.15, 0.2) is 0 Å². The lowest BCUT2D eigenvalue weighted by molar-refractivity contribution is 0.0747. The Kier molecular flexibility index (Phi) is 3.83. The van der Waals surface area contributed by atoms with E-state index in [9.17, 15) is 4.79 Å². The average molecular weight is 318 g/mol. The van der Waals surface area contributed by atoms with Crippen LogP contribution < -0.4 is 4.90 Å². The molecule has 1 amide bonds. The van der Waals surface area contributed by atoms with Crippen molar-refractivity contribution in [3.05, 3.63) is 66.5 Å². The molecule has 2 heterocycles. The highest BCUT2D eigenvalue weighted by Crippen LogP contribution is 2.18. The topological polar surface area (TPSA) is 49.3 Å². The summed E-state index contributed by atoms with van der Waals surface area (Å²) in [6.07, 6.45) is 3.40. The summed E-state index contributed by atoms with van der Waals surface area (Å²) in [6.45, 7) is 3.18. The van der Waals surface area contributed by atoms with Gasteiger partial charge in [-0.25, -0.2) is 0 Å². The summed E-state index contributed by atoms with van der Waals surface area (Å²) in [4.78, 5) is 17.0. The molecular weight excluding hydrogens is 300 g/mol. The zero-order valence-electron chi connectivity index (χ0n) is 13.3. The molecule has 24 heavy (non-hydrogen) atoms. The molecule has 0 aliphatic carbocycles. The fourth-order valence-corrected chi connectivity index (χ4v) is 3.12. The van der Waals surface area contributed by atoms with Crippen LogP contribution in [0.5, 0.6) is 0 Å². The van der Waals surface area contributed by atoms with Gasteiger partial charge in [-0.05, 0) is 24.3 Å². The fraction of sp³-hybridized carbons (Fsp3) is 0.211. The fourth-order valence-electron chi connectivity index (χ4n) is 3.12. The average Bonchev–Trinajstić information content (AvgIpc) is 2.68. The number of piperazine rings is 1. The summed E-state index contributed by atoms with van der Waals surface area (Å²) in [6, 6.07) is 16.0. The highest BCUT2D eigenvalue weighted by molar-refractivity contribution is 5.98. The molecule has 3 aromatic rings. The van der Waals surface area contributed by atoms with Gasteiger partial charge >= 0.3 is 0 Å². The number of anilines is 1. The number of carbonyl (C=O) groups is 1. The van der Waals surface area contributed by atoms with E-state index in [1.807, 2.05) is 41.3 Å². The van der Waals surface area contributed by atoms with Crippen molar-refractivity contribution in [3.8, 4) is 0 Å². The summed E-state index contributed by atoms with van der Waals surface area (Å²) >= 11 is 0. The van der Waals surface area contributed by atoms with Gasteiger partial charge in [0.05, 0.1) is 12.4 Å². The Morgan fingerprint density at radius 2 is 1.54 bits per heavy atom. The molecular formula is C19H18N4O. The second kappa shape index (κ2) is 6.28. The summed E-state index contributed by atoms with van der Waals surface area (Å²) < 4.78 is 0. The quantitative estimate of drug-likeness (QED) is 0.729. The smallest absolute Gasteiger partial charge is 0.253 e. The number of rotatable bonds is 2. The first-order chi connectivity index (χ1) is 11.8. The van der Waals surface area contributed by atoms with Crippen LogP contribution in [0.2, 0.25) is 0 Å². The van der Waals surface area contributed by atoms with Gasteiger partial charge in [-0.3, -0.25) is 4.79 Å². The third-order valence-corrected chi connectivity index (χ3v) is 4.48. The lowest BCUT2D eigenvalue weighted by Crippen LogP contribution is -2.48. The number of para-hydroxylation sites is 1. The number of fused-ring (bicyclic) bond motifs is 1. The second-order valence-corrected chi connectivity index (χ2v) is 5.95. The predicted molar refractivity (Wildman–Crippen MR) is 94.1 cm³/mol. The number of amides is 1. The van der Waals surface area contributed by atoms with E-state index >= 15 is 0 Å². The Hall–Kier alpha value is -2.95. The molecule has 1 aromatic heterocycles. The molecule has 0 bridgehead atoms. The maximum absolute atomic E-state index is 12.8. The first-order valence-electron chi connectivity index (χ1n) is 8.11. The molecule has 0 unspecified atom stereocenters. The summed E-state index contributed by atoms with van der Waals surface area (Å²) in [7, 11) is 0. The third-order valence-electron chi connectivity index (χ3n) is 4.48. The van der Waals surface area contributed by atoms with Crippen LogP contribution in [0.25, 0.3) is 10.8 Å². The van der Waals surface area contributed by atoms with Crippen molar-refractivity contribution < 1.29 is 4.79 Å². The monoisotopic (exact) mass is 318 g/mol. The zero-order chi connectivity index (χ0) is 16.4. The zero-order valence-corrected chi connectivity index (χ0v) is 13.3. The normalized spacial score (nSPS) is 14.8. The SMILES string of the molecule is O=C(c1ccc2cnncc2c1)N1CCN(c2ccccc2)CC1. The molecule has 4 rings (SSSR count). The highest BCUT2D eigenvalue weighted by Gasteiger charge is 2.22. The van der Waals surface area contributed by atoms with Gasteiger partial charge in [-0.15, -0.1) is 0 Å². The Labute approximate surface area is 140 Å². The Morgan fingerprint density at radius 3 is 2.29 bits per heavy atom. The number of hydrogen-bond donors (Lipinski definition) is 0. The predicted octanol–water partition coefficient (Wildman–Crippen LogP) is 2.59. The van der Waals surface area contributed by atoms with Crippen molar-refractivity contribution in [2.45, 2.75) is 0 Å². The van der Waals surface area contributed by atoms with Crippen LogP contribution >= 0.6 is 0 Å². The van der Waals surface area contributed by atoms with E-state index in [-0.39, 0.29) is 5.91 Å². The molecule has 1 aliphatic rings. The van der Waals surface area contributed by atoms with Crippen LogP contribution in [-0.2, 0) is 0 Å². The molecule has 5 nitrogen and oxygen atoms in total. The third kappa shape index (κ3) is 2.80. The largest absolute Gasteiger partial charge is 0.368 e. The van der Waals surface area contributed by atoms with Crippen LogP contribution in [0.1, 0.15) is 10.4 Å². The number of carbonyl (C=O) groups excluding carboxylic acids is 1. The van der Waals surface area contributed by atoms with Crippen molar-refractivity contribution in [2.24, 2.45) is 0 Å². The van der Waals surface area contributed by atoms with Crippen molar-refractivity contribution in [2.75, 3.05) is 31.1 Å². The molecule has 0 radical (unpaired) electrons. The van der Waals surface area contributed by atoms with E-state index in [0.29, 0.717) is 5.56 Å². The van der Waals surface area contributed by atoms with E-state index in [2.05, 4.69) is 27.2 Å². The maximum atomic E-state index is 12.8. The summed E-state index contributed by atoms with van der Waals surface area (Å²) in [5.74, 6) is 0.0847. The van der Waals surface area contributed by atoms with Crippen LogP contribution in [-0.4, -0.2) is 47.2 Å². The van der Waals surface area contributed by atoms with Crippen molar-refractivity contribution in [3.63, 3.8) is 0 Å². The summed E-state index contributed by atoms with van der Waals surface area (Å²) in [5, 5.41) is 9.69. The molecule has 0 atom stereocenters. The minimum Gasteiger partial charge on any atom is -0.368 e. The number of hydrogen-bond acceptors (Lipinski definition) is 4. The molecule has 2 aromatic carbocycles. The van der Waals surface area contributed by atoms with E-state index in [0.717, 1.165) is 37.0 Å². The molecule has 5 heteroatoms. The van der Waals surface area contributed by atoms with Crippen molar-refractivity contribution >= 4 is 22.4 Å². The maximum Gasteiger partial charge on any atom is 0.253 e. The minimum absolute atomic E-state index is 0.0847. The minimum atomic E-state index is 0.0847. The van der Waals surface area contributed by atoms with Crippen LogP contribution in [0, 0.1) is 0 Å². The van der Waals surface area contributed by atoms with Gasteiger partial charge in [-0.1, -0.05) is 24.3 Å². The van der Waals surface area contributed by atoms with E-state index in [4.69, 9.17) is 0 Å². The van der Waals surface area contributed by atoms with Crippen LogP contribution in [0.3, 0.4) is 0 Å². The van der Waals surface area contributed by atoms with Gasteiger partial charge < -0.3 is 9.80 Å². The van der Waals surface area contributed by atoms with E-state index in [1.165, 1.54) is 5.69 Å². The van der Waals surface area contributed by atoms with Gasteiger partial charge in [0.25, 0.3) is 5.91 Å². The van der Waals surface area contributed by atoms with E-state index < -0.39 is 0 Å². The molecule has 120 valence electrons. The molecule has 1 aliphatic heterocycles. The molecule has 0 saturated carbocycles. The van der Waals surface area contributed by atoms with Crippen molar-refractivity contribution in [1.29, 1.82) is 0 Å². The van der Waals surface area contributed by atoms with Crippen LogP contribution in [0.4, 0.5) is 5.69 Å². The lowest BCUT2D eigenvalue weighted by Gasteiger charge is -2.36.